The fourth-order valence-corrected chi connectivity index (χ4v) is 6.92. The molecule has 0 radical (unpaired) electrons. The summed E-state index contributed by atoms with van der Waals surface area (Å²) in [5.74, 6) is -1.35. The molecule has 0 saturated heterocycles. The van der Waals surface area contributed by atoms with Crippen LogP contribution in [0.15, 0.2) is 126 Å². The van der Waals surface area contributed by atoms with Crippen molar-refractivity contribution in [3.8, 4) is 11.5 Å². The highest BCUT2D eigenvalue weighted by atomic mass is 32.2. The molecule has 48 heavy (non-hydrogen) atoms. The minimum Gasteiger partial charge on any atom is -0.744 e. The Labute approximate surface area is 271 Å². The third-order valence-electron chi connectivity index (χ3n) is 7.19. The van der Waals surface area contributed by atoms with Gasteiger partial charge >= 0.3 is 0 Å². The van der Waals surface area contributed by atoms with Crippen molar-refractivity contribution >= 4 is 85.4 Å². The zero-order chi connectivity index (χ0) is 34.6. The maximum absolute atomic E-state index is 12.3. The van der Waals surface area contributed by atoms with Crippen molar-refractivity contribution in [1.29, 1.82) is 0 Å². The number of hydrogen-bond acceptors (Lipinski definition) is 15. The van der Waals surface area contributed by atoms with E-state index in [9.17, 15) is 49.1 Å². The Hall–Kier alpha value is -5.37. The predicted molar refractivity (Wildman–Crippen MR) is 167 cm³/mol. The number of phenols is 2. The van der Waals surface area contributed by atoms with E-state index in [4.69, 9.17) is 0 Å². The van der Waals surface area contributed by atoms with Gasteiger partial charge in [0.25, 0.3) is 0 Å². The molecule has 0 saturated carbocycles. The Kier molecular flexibility index (Phi) is 7.94. The summed E-state index contributed by atoms with van der Waals surface area (Å²) in [5, 5.41) is 37.9. The molecule has 0 aromatic heterocycles. The van der Waals surface area contributed by atoms with Crippen molar-refractivity contribution < 1.29 is 49.1 Å². The Morgan fingerprint density at radius 2 is 1.10 bits per heavy atom. The monoisotopic (exact) mass is 705 g/mol. The number of benzene rings is 6. The maximum atomic E-state index is 12.3. The summed E-state index contributed by atoms with van der Waals surface area (Å²) in [5.41, 5.74) is -1.56. The van der Waals surface area contributed by atoms with E-state index in [1.54, 1.807) is 30.3 Å². The molecule has 15 nitrogen and oxygen atoms in total. The largest absolute Gasteiger partial charge is 0.744 e. The molecule has 0 heterocycles. The van der Waals surface area contributed by atoms with Gasteiger partial charge in [0.15, 0.2) is 5.75 Å². The normalized spacial score (nSPS) is 13.0. The molecular weight excluding hydrogens is 689 g/mol. The summed E-state index contributed by atoms with van der Waals surface area (Å²) in [6.45, 7) is 0. The molecule has 6 aromatic rings. The van der Waals surface area contributed by atoms with E-state index in [-0.39, 0.29) is 27.9 Å². The molecule has 0 atom stereocenters. The highest BCUT2D eigenvalue weighted by Crippen LogP contribution is 2.47. The molecule has 18 heteroatoms. The third kappa shape index (κ3) is 6.06. The lowest BCUT2D eigenvalue weighted by atomic mass is 10.1. The molecule has 0 aliphatic heterocycles. The van der Waals surface area contributed by atoms with Gasteiger partial charge in [-0.25, -0.2) is 25.3 Å². The minimum atomic E-state index is -5.47. The van der Waals surface area contributed by atoms with Gasteiger partial charge in [-0.3, -0.25) is 0 Å². The van der Waals surface area contributed by atoms with Gasteiger partial charge in [0.05, 0.1) is 31.4 Å². The quantitative estimate of drug-likeness (QED) is 0.141. The molecule has 0 aliphatic rings. The standard InChI is InChI=1S/C30H20N4O11S3/c35-24-11-9-16-5-1-2-6-19(16)28(24)33-32-23-15-18(46(37,38)39)13-17-14-26(48(43,44)45)29(30(36)27(17)23)34-31-22-10-12-25(47(40,41)42)21-8-4-3-7-20(21)22/h1-15,35-36H,(H,37,38,39)(H,40,41,42)(H,43,44,45)/p-3. The lowest BCUT2D eigenvalue weighted by molar-refractivity contribution is 0.458. The fourth-order valence-electron chi connectivity index (χ4n) is 5.07. The second-order valence-corrected chi connectivity index (χ2v) is 14.2. The van der Waals surface area contributed by atoms with Crippen molar-refractivity contribution in [2.24, 2.45) is 20.5 Å². The second kappa shape index (κ2) is 11.7. The van der Waals surface area contributed by atoms with Crippen molar-refractivity contribution in [3.05, 3.63) is 91.0 Å². The smallest absolute Gasteiger partial charge is 0.154 e. The topological polar surface area (TPSA) is 262 Å². The van der Waals surface area contributed by atoms with Gasteiger partial charge in [-0.2, -0.15) is 0 Å². The fraction of sp³-hybridized carbons (Fsp3) is 0. The molecule has 244 valence electrons. The van der Waals surface area contributed by atoms with Gasteiger partial charge in [0.2, 0.25) is 0 Å². The van der Waals surface area contributed by atoms with Crippen molar-refractivity contribution in [3.63, 3.8) is 0 Å². The average Bonchev–Trinajstić information content (AvgIpc) is 3.01. The van der Waals surface area contributed by atoms with Crippen LogP contribution in [-0.2, 0) is 30.4 Å². The molecule has 2 N–H and O–H groups in total. The van der Waals surface area contributed by atoms with Crippen LogP contribution < -0.4 is 0 Å². The summed E-state index contributed by atoms with van der Waals surface area (Å²) < 4.78 is 108. The zero-order valence-corrected chi connectivity index (χ0v) is 26.2. The van der Waals surface area contributed by atoms with Crippen LogP contribution in [0.1, 0.15) is 0 Å². The Morgan fingerprint density at radius 3 is 1.77 bits per heavy atom. The van der Waals surface area contributed by atoms with E-state index in [0.29, 0.717) is 16.8 Å². The van der Waals surface area contributed by atoms with Crippen molar-refractivity contribution in [2.45, 2.75) is 14.7 Å². The highest BCUT2D eigenvalue weighted by molar-refractivity contribution is 7.86. The van der Waals surface area contributed by atoms with E-state index in [1.807, 2.05) is 0 Å². The molecule has 6 rings (SSSR count). The second-order valence-electron chi connectivity index (χ2n) is 10.2. The molecule has 0 unspecified atom stereocenters. The molecule has 0 amide bonds. The van der Waals surface area contributed by atoms with Gasteiger partial charge in [0, 0.05) is 16.2 Å². The molecule has 0 aliphatic carbocycles. The third-order valence-corrected chi connectivity index (χ3v) is 9.74. The van der Waals surface area contributed by atoms with Crippen LogP contribution >= 0.6 is 0 Å². The Morgan fingerprint density at radius 1 is 0.500 bits per heavy atom. The first-order valence-electron chi connectivity index (χ1n) is 13.3. The number of phenolic OH excluding ortho intramolecular Hbond substituents is 2. The van der Waals surface area contributed by atoms with Crippen LogP contribution in [0.25, 0.3) is 32.3 Å². The van der Waals surface area contributed by atoms with Crippen LogP contribution in [0.3, 0.4) is 0 Å². The number of azo groups is 2. The highest BCUT2D eigenvalue weighted by Gasteiger charge is 2.22. The molecule has 0 fully saturated rings. The van der Waals surface area contributed by atoms with Gasteiger partial charge in [-0.1, -0.05) is 54.6 Å². The first-order valence-corrected chi connectivity index (χ1v) is 17.5. The lowest BCUT2D eigenvalue weighted by Crippen LogP contribution is -2.01. The number of nitrogens with zero attached hydrogens (tertiary/aromatic N) is 4. The van der Waals surface area contributed by atoms with Crippen LogP contribution in [0.4, 0.5) is 22.7 Å². The van der Waals surface area contributed by atoms with Crippen LogP contribution in [-0.4, -0.2) is 49.1 Å². The van der Waals surface area contributed by atoms with Crippen LogP contribution in [0, 0.1) is 0 Å². The number of aromatic hydroxyl groups is 2. The molecule has 6 aromatic carbocycles. The summed E-state index contributed by atoms with van der Waals surface area (Å²) in [7, 11) is -15.6. The molecule has 0 spiro atoms. The van der Waals surface area contributed by atoms with E-state index >= 15 is 0 Å². The van der Waals surface area contributed by atoms with Gasteiger partial charge in [-0.15, -0.1) is 20.5 Å². The van der Waals surface area contributed by atoms with Crippen LogP contribution in [0.5, 0.6) is 11.5 Å². The Bertz CT molecular complexity index is 2730. The summed E-state index contributed by atoms with van der Waals surface area (Å²) >= 11 is 0. The number of rotatable bonds is 7. The zero-order valence-electron chi connectivity index (χ0n) is 23.7. The summed E-state index contributed by atoms with van der Waals surface area (Å²) in [6, 6.07) is 19.5. The van der Waals surface area contributed by atoms with E-state index in [1.165, 1.54) is 30.3 Å². The lowest BCUT2D eigenvalue weighted by Gasteiger charge is -2.16. The van der Waals surface area contributed by atoms with Crippen molar-refractivity contribution in [2.75, 3.05) is 0 Å². The summed E-state index contributed by atoms with van der Waals surface area (Å²) in [4.78, 5) is -2.63. The Balaban J connectivity index is 1.62. The first-order chi connectivity index (χ1) is 22.5. The maximum Gasteiger partial charge on any atom is 0.154 e. The first kappa shape index (κ1) is 32.6. The SMILES string of the molecule is O=S(=O)([O-])c1cc(N=Nc2c(O)ccc3ccccc23)c2c(O)c(N=Nc3ccc(S(=O)(=O)[O-])c4ccccc34)c(S(=O)(=O)[O-])cc2c1. The summed E-state index contributed by atoms with van der Waals surface area (Å²) in [6.07, 6.45) is 0. The van der Waals surface area contributed by atoms with Gasteiger partial charge in [0.1, 0.15) is 47.5 Å². The average molecular weight is 706 g/mol. The number of hydrogen-bond donors (Lipinski definition) is 2. The van der Waals surface area contributed by atoms with Crippen LogP contribution in [0.2, 0.25) is 0 Å². The van der Waals surface area contributed by atoms with Gasteiger partial charge < -0.3 is 23.9 Å². The minimum absolute atomic E-state index is 0.0332. The molecule has 0 bridgehead atoms. The van der Waals surface area contributed by atoms with E-state index < -0.39 is 72.9 Å². The van der Waals surface area contributed by atoms with E-state index in [0.717, 1.165) is 24.3 Å². The molecular formula is C30H17N4O11S3-3. The predicted octanol–water partition coefficient (Wildman–Crippen LogP) is 6.10. The number of fused-ring (bicyclic) bond motifs is 3. The van der Waals surface area contributed by atoms with Gasteiger partial charge in [-0.05, 0) is 47.2 Å². The van der Waals surface area contributed by atoms with Crippen molar-refractivity contribution in [1.82, 2.24) is 0 Å². The van der Waals surface area contributed by atoms with E-state index in [2.05, 4.69) is 20.5 Å².